The number of carboxylic acids is 1. The molecule has 0 atom stereocenters. The van der Waals surface area contributed by atoms with Gasteiger partial charge in [0.05, 0.1) is 11.1 Å². The van der Waals surface area contributed by atoms with E-state index in [4.69, 9.17) is 10.2 Å². The summed E-state index contributed by atoms with van der Waals surface area (Å²) in [6.07, 6.45) is 5.69. The van der Waals surface area contributed by atoms with Crippen molar-refractivity contribution < 1.29 is 14.3 Å². The zero-order valence-corrected chi connectivity index (χ0v) is 13.3. The lowest BCUT2D eigenvalue weighted by Crippen LogP contribution is -2.01. The first-order valence-electron chi connectivity index (χ1n) is 7.00. The molecule has 4 nitrogen and oxygen atoms in total. The number of anilines is 1. The van der Waals surface area contributed by atoms with Crippen LogP contribution in [-0.4, -0.2) is 11.1 Å². The van der Waals surface area contributed by atoms with Crippen molar-refractivity contribution >= 4 is 44.1 Å². The highest BCUT2D eigenvalue weighted by Gasteiger charge is 2.27. The van der Waals surface area contributed by atoms with E-state index in [1.807, 2.05) is 13.0 Å². The molecule has 0 fully saturated rings. The molecule has 0 saturated heterocycles. The third-order valence-electron chi connectivity index (χ3n) is 3.96. The van der Waals surface area contributed by atoms with Crippen LogP contribution in [0, 0.1) is 0 Å². The van der Waals surface area contributed by atoms with E-state index >= 15 is 0 Å². The fraction of sp³-hybridized carbons (Fsp3) is 0.312. The fourth-order valence-corrected chi connectivity index (χ4v) is 3.48. The summed E-state index contributed by atoms with van der Waals surface area (Å²) in [4.78, 5) is 11.7. The second-order valence-electron chi connectivity index (χ2n) is 5.22. The number of benzene rings is 1. The molecule has 0 aliphatic heterocycles. The van der Waals surface area contributed by atoms with Gasteiger partial charge in [-0.05, 0) is 58.8 Å². The van der Waals surface area contributed by atoms with Gasteiger partial charge in [0, 0.05) is 4.47 Å². The van der Waals surface area contributed by atoms with E-state index in [1.54, 1.807) is 0 Å². The molecule has 1 aromatic carbocycles. The van der Waals surface area contributed by atoms with Crippen molar-refractivity contribution in [1.82, 2.24) is 0 Å². The van der Waals surface area contributed by atoms with E-state index < -0.39 is 5.97 Å². The van der Waals surface area contributed by atoms with Crippen LogP contribution < -0.4 is 5.73 Å². The number of carboxylic acid groups (broad SMARTS) is 1. The molecule has 0 bridgehead atoms. The number of hydrogen-bond donors (Lipinski definition) is 2. The van der Waals surface area contributed by atoms with Crippen LogP contribution in [0.2, 0.25) is 0 Å². The SMILES string of the molecule is CCc1cc2oc(C3=CCCC3)c(C(=O)O)c2c(N)c1Br. The molecule has 0 radical (unpaired) electrons. The Morgan fingerprint density at radius 3 is 2.86 bits per heavy atom. The predicted molar refractivity (Wildman–Crippen MR) is 86.5 cm³/mol. The zero-order chi connectivity index (χ0) is 15.1. The number of hydrogen-bond acceptors (Lipinski definition) is 3. The Morgan fingerprint density at radius 1 is 1.52 bits per heavy atom. The van der Waals surface area contributed by atoms with Crippen molar-refractivity contribution in [2.75, 3.05) is 5.73 Å². The molecule has 21 heavy (non-hydrogen) atoms. The summed E-state index contributed by atoms with van der Waals surface area (Å²) in [6, 6.07) is 1.88. The number of halogens is 1. The first-order valence-corrected chi connectivity index (χ1v) is 7.80. The molecule has 5 heteroatoms. The Hall–Kier alpha value is -1.75. The van der Waals surface area contributed by atoms with Gasteiger partial charge in [-0.1, -0.05) is 13.0 Å². The molecule has 0 spiro atoms. The third-order valence-corrected chi connectivity index (χ3v) is 4.89. The minimum Gasteiger partial charge on any atom is -0.478 e. The van der Waals surface area contributed by atoms with Crippen LogP contribution in [-0.2, 0) is 6.42 Å². The van der Waals surface area contributed by atoms with Gasteiger partial charge in [-0.25, -0.2) is 4.79 Å². The van der Waals surface area contributed by atoms with Crippen molar-refractivity contribution in [3.8, 4) is 0 Å². The monoisotopic (exact) mass is 349 g/mol. The van der Waals surface area contributed by atoms with Gasteiger partial charge in [0.15, 0.2) is 0 Å². The Labute approximate surface area is 130 Å². The molecule has 1 aromatic heterocycles. The third kappa shape index (κ3) is 2.16. The van der Waals surface area contributed by atoms with Gasteiger partial charge in [0.1, 0.15) is 16.9 Å². The highest BCUT2D eigenvalue weighted by Crippen LogP contribution is 2.41. The number of nitrogen functional groups attached to an aromatic ring is 1. The standard InChI is InChI=1S/C16H16BrNO3/c1-2-8-7-10-11(14(18)13(8)17)12(16(19)20)15(21-10)9-5-3-4-6-9/h5,7H,2-4,6,18H2,1H3,(H,19,20). The Kier molecular flexibility index (Phi) is 3.53. The fourth-order valence-electron chi connectivity index (χ4n) is 2.89. The van der Waals surface area contributed by atoms with Crippen molar-refractivity contribution in [1.29, 1.82) is 0 Å². The number of aryl methyl sites for hydroxylation is 1. The normalized spacial score (nSPS) is 14.7. The maximum atomic E-state index is 11.7. The molecular weight excluding hydrogens is 334 g/mol. The van der Waals surface area contributed by atoms with Gasteiger partial charge in [0.2, 0.25) is 0 Å². The van der Waals surface area contributed by atoms with Crippen LogP contribution in [0.4, 0.5) is 5.69 Å². The number of fused-ring (bicyclic) bond motifs is 1. The summed E-state index contributed by atoms with van der Waals surface area (Å²) >= 11 is 3.46. The number of furan rings is 1. The Bertz CT molecular complexity index is 774. The van der Waals surface area contributed by atoms with E-state index in [0.29, 0.717) is 22.4 Å². The minimum absolute atomic E-state index is 0.180. The first-order chi connectivity index (χ1) is 10.0. The first kappa shape index (κ1) is 14.2. The molecule has 0 unspecified atom stereocenters. The van der Waals surface area contributed by atoms with Gasteiger partial charge in [0.25, 0.3) is 0 Å². The maximum absolute atomic E-state index is 11.7. The van der Waals surface area contributed by atoms with Gasteiger partial charge in [-0.3, -0.25) is 0 Å². The van der Waals surface area contributed by atoms with Crippen molar-refractivity contribution in [3.63, 3.8) is 0 Å². The van der Waals surface area contributed by atoms with Crippen LogP contribution in [0.1, 0.15) is 47.9 Å². The van der Waals surface area contributed by atoms with Crippen LogP contribution >= 0.6 is 15.9 Å². The molecule has 2 aromatic rings. The highest BCUT2D eigenvalue weighted by atomic mass is 79.9. The second-order valence-corrected chi connectivity index (χ2v) is 6.02. The number of allylic oxidation sites excluding steroid dienone is 2. The van der Waals surface area contributed by atoms with E-state index in [9.17, 15) is 9.90 Å². The quantitative estimate of drug-likeness (QED) is 0.793. The lowest BCUT2D eigenvalue weighted by atomic mass is 10.0. The molecule has 1 heterocycles. The zero-order valence-electron chi connectivity index (χ0n) is 11.7. The average molecular weight is 350 g/mol. The summed E-state index contributed by atoms with van der Waals surface area (Å²) in [7, 11) is 0. The summed E-state index contributed by atoms with van der Waals surface area (Å²) in [5, 5.41) is 10.1. The van der Waals surface area contributed by atoms with Gasteiger partial charge < -0.3 is 15.3 Å². The Morgan fingerprint density at radius 2 is 2.29 bits per heavy atom. The smallest absolute Gasteiger partial charge is 0.340 e. The lowest BCUT2D eigenvalue weighted by molar-refractivity contribution is 0.0697. The lowest BCUT2D eigenvalue weighted by Gasteiger charge is -2.06. The number of nitrogens with two attached hydrogens (primary N) is 1. The summed E-state index contributed by atoms with van der Waals surface area (Å²) in [5.41, 5.74) is 9.31. The van der Waals surface area contributed by atoms with Crippen LogP contribution in [0.25, 0.3) is 16.5 Å². The number of rotatable bonds is 3. The maximum Gasteiger partial charge on any atom is 0.340 e. The Balaban J connectivity index is 2.37. The molecule has 0 amide bonds. The molecule has 110 valence electrons. The predicted octanol–water partition coefficient (Wildman–Crippen LogP) is 4.61. The van der Waals surface area contributed by atoms with Crippen molar-refractivity contribution in [3.05, 3.63) is 33.5 Å². The molecule has 3 N–H and O–H groups in total. The summed E-state index contributed by atoms with van der Waals surface area (Å²) < 4.78 is 6.63. The summed E-state index contributed by atoms with van der Waals surface area (Å²) in [5.74, 6) is -0.541. The topological polar surface area (TPSA) is 76.5 Å². The van der Waals surface area contributed by atoms with E-state index in [-0.39, 0.29) is 5.56 Å². The molecular formula is C16H16BrNO3. The van der Waals surface area contributed by atoms with Crippen LogP contribution in [0.3, 0.4) is 0 Å². The molecule has 3 rings (SSSR count). The van der Waals surface area contributed by atoms with Crippen LogP contribution in [0.5, 0.6) is 0 Å². The molecule has 1 aliphatic rings. The van der Waals surface area contributed by atoms with Gasteiger partial charge in [-0.15, -0.1) is 0 Å². The van der Waals surface area contributed by atoms with Gasteiger partial charge >= 0.3 is 5.97 Å². The van der Waals surface area contributed by atoms with Crippen molar-refractivity contribution in [2.45, 2.75) is 32.6 Å². The minimum atomic E-state index is -1.00. The van der Waals surface area contributed by atoms with Gasteiger partial charge in [-0.2, -0.15) is 0 Å². The molecule has 1 aliphatic carbocycles. The number of carbonyl (C=O) groups is 1. The number of aromatic carboxylic acids is 1. The van der Waals surface area contributed by atoms with Crippen molar-refractivity contribution in [2.24, 2.45) is 0 Å². The summed E-state index contributed by atoms with van der Waals surface area (Å²) in [6.45, 7) is 2.02. The van der Waals surface area contributed by atoms with E-state index in [0.717, 1.165) is 41.3 Å². The average Bonchev–Trinajstić information content (AvgIpc) is 3.08. The highest BCUT2D eigenvalue weighted by molar-refractivity contribution is 9.10. The molecule has 0 saturated carbocycles. The second kappa shape index (κ2) is 5.22. The largest absolute Gasteiger partial charge is 0.478 e. The van der Waals surface area contributed by atoms with Crippen LogP contribution in [0.15, 0.2) is 21.0 Å². The van der Waals surface area contributed by atoms with E-state index in [2.05, 4.69) is 22.0 Å². The van der Waals surface area contributed by atoms with E-state index in [1.165, 1.54) is 0 Å².